The van der Waals surface area contributed by atoms with Gasteiger partial charge in [0.05, 0.1) is 12.5 Å². The average molecular weight is 320 g/mol. The Kier molecular flexibility index (Phi) is 4.03. The molecule has 0 radical (unpaired) electrons. The van der Waals surface area contributed by atoms with E-state index >= 15 is 0 Å². The Labute approximate surface area is 131 Å². The van der Waals surface area contributed by atoms with Crippen molar-refractivity contribution in [2.24, 2.45) is 7.05 Å². The summed E-state index contributed by atoms with van der Waals surface area (Å²) in [5.74, 6) is -0.178. The first-order chi connectivity index (χ1) is 11.0. The first kappa shape index (κ1) is 15.5. The Morgan fingerprint density at radius 1 is 1.48 bits per heavy atom. The van der Waals surface area contributed by atoms with Crippen LogP contribution in [0.15, 0.2) is 15.9 Å². The monoisotopic (exact) mass is 320 g/mol. The van der Waals surface area contributed by atoms with Crippen LogP contribution in [-0.4, -0.2) is 49.2 Å². The van der Waals surface area contributed by atoms with E-state index in [0.29, 0.717) is 0 Å². The number of fused-ring (bicyclic) bond motifs is 1. The molecule has 1 saturated heterocycles. The lowest BCUT2D eigenvalue weighted by Crippen LogP contribution is -2.45. The van der Waals surface area contributed by atoms with Gasteiger partial charge in [0.2, 0.25) is 5.91 Å². The van der Waals surface area contributed by atoms with Gasteiger partial charge in [0.25, 0.3) is 5.56 Å². The van der Waals surface area contributed by atoms with Crippen LogP contribution >= 0.6 is 0 Å². The van der Waals surface area contributed by atoms with Crippen LogP contribution in [0.5, 0.6) is 0 Å². The summed E-state index contributed by atoms with van der Waals surface area (Å²) in [4.78, 5) is 44.8. The average Bonchev–Trinajstić information content (AvgIpc) is 3.12. The summed E-state index contributed by atoms with van der Waals surface area (Å²) in [6.07, 6.45) is 3.44. The highest BCUT2D eigenvalue weighted by Gasteiger charge is 2.24. The summed E-state index contributed by atoms with van der Waals surface area (Å²) >= 11 is 0. The highest BCUT2D eigenvalue weighted by molar-refractivity contribution is 5.78. The molecular weight excluding hydrogens is 300 g/mol. The number of amides is 1. The Bertz CT molecular complexity index is 848. The molecule has 0 aliphatic carbocycles. The molecule has 1 amide bonds. The van der Waals surface area contributed by atoms with E-state index in [1.54, 1.807) is 0 Å². The van der Waals surface area contributed by atoms with Crippen molar-refractivity contribution in [2.45, 2.75) is 32.5 Å². The van der Waals surface area contributed by atoms with Crippen LogP contribution in [0.3, 0.4) is 0 Å². The fraction of sp³-hybridized carbons (Fsp3) is 0.571. The standard InChI is InChI=1S/C14H20N6O3/c1-3-19-6-4-5-9(19)16-10(21)7-20-8-15-12-11(20)13(22)18(2)14(23)17-12/h8-9H,3-7H2,1-2H3,(H,16,21)(H,17,23). The van der Waals surface area contributed by atoms with E-state index in [2.05, 4.69) is 27.1 Å². The maximum Gasteiger partial charge on any atom is 0.329 e. The molecule has 3 heterocycles. The van der Waals surface area contributed by atoms with Gasteiger partial charge < -0.3 is 9.88 Å². The predicted octanol–water partition coefficient (Wildman–Crippen LogP) is -1.02. The fourth-order valence-electron chi connectivity index (χ4n) is 3.01. The van der Waals surface area contributed by atoms with E-state index in [0.717, 1.165) is 30.5 Å². The number of aromatic amines is 1. The third-order valence-electron chi connectivity index (χ3n) is 4.29. The molecule has 0 spiro atoms. The van der Waals surface area contributed by atoms with Gasteiger partial charge in [-0.1, -0.05) is 6.92 Å². The molecule has 0 aromatic carbocycles. The van der Waals surface area contributed by atoms with Crippen molar-refractivity contribution in [1.82, 2.24) is 29.3 Å². The molecule has 0 bridgehead atoms. The van der Waals surface area contributed by atoms with E-state index in [1.807, 2.05) is 0 Å². The van der Waals surface area contributed by atoms with Gasteiger partial charge in [-0.25, -0.2) is 9.78 Å². The van der Waals surface area contributed by atoms with Gasteiger partial charge in [0, 0.05) is 13.6 Å². The van der Waals surface area contributed by atoms with Crippen LogP contribution < -0.4 is 16.6 Å². The maximum atomic E-state index is 12.3. The molecule has 9 heteroatoms. The van der Waals surface area contributed by atoms with Gasteiger partial charge in [0.15, 0.2) is 11.2 Å². The minimum atomic E-state index is -0.526. The molecule has 1 unspecified atom stereocenters. The van der Waals surface area contributed by atoms with Gasteiger partial charge in [-0.05, 0) is 19.4 Å². The number of H-pyrrole nitrogens is 1. The number of likely N-dealkylation sites (tertiary alicyclic amines) is 1. The van der Waals surface area contributed by atoms with Crippen LogP contribution in [-0.2, 0) is 18.4 Å². The molecule has 23 heavy (non-hydrogen) atoms. The smallest absolute Gasteiger partial charge is 0.329 e. The number of aromatic nitrogens is 4. The minimum Gasteiger partial charge on any atom is -0.339 e. The van der Waals surface area contributed by atoms with E-state index in [4.69, 9.17) is 0 Å². The lowest BCUT2D eigenvalue weighted by Gasteiger charge is -2.23. The molecule has 0 saturated carbocycles. The van der Waals surface area contributed by atoms with Crippen molar-refractivity contribution < 1.29 is 4.79 Å². The van der Waals surface area contributed by atoms with Crippen molar-refractivity contribution in [3.05, 3.63) is 27.2 Å². The van der Waals surface area contributed by atoms with E-state index < -0.39 is 11.2 Å². The summed E-state index contributed by atoms with van der Waals surface area (Å²) in [5.41, 5.74) is -0.574. The van der Waals surface area contributed by atoms with E-state index in [9.17, 15) is 14.4 Å². The Hall–Kier alpha value is -2.42. The number of imidazole rings is 1. The minimum absolute atomic E-state index is 0.00810. The van der Waals surface area contributed by atoms with Crippen molar-refractivity contribution in [2.75, 3.05) is 13.1 Å². The zero-order valence-electron chi connectivity index (χ0n) is 13.2. The number of hydrogen-bond acceptors (Lipinski definition) is 5. The Balaban J connectivity index is 1.82. The number of nitrogens with zero attached hydrogens (tertiary/aromatic N) is 4. The van der Waals surface area contributed by atoms with Crippen LogP contribution in [0.1, 0.15) is 19.8 Å². The Morgan fingerprint density at radius 2 is 2.26 bits per heavy atom. The number of nitrogens with one attached hydrogen (secondary N) is 2. The van der Waals surface area contributed by atoms with Crippen LogP contribution in [0, 0.1) is 0 Å². The molecule has 1 atom stereocenters. The SMILES string of the molecule is CCN1CCCC1NC(=O)Cn1cnc2[nH]c(=O)n(C)c(=O)c21. The lowest BCUT2D eigenvalue weighted by atomic mass is 10.3. The molecule has 2 aromatic heterocycles. The second kappa shape index (κ2) is 5.99. The number of carbonyl (C=O) groups is 1. The van der Waals surface area contributed by atoms with Crippen molar-refractivity contribution in [3.8, 4) is 0 Å². The van der Waals surface area contributed by atoms with Gasteiger partial charge in [-0.2, -0.15) is 0 Å². The number of hydrogen-bond donors (Lipinski definition) is 2. The zero-order valence-corrected chi connectivity index (χ0v) is 13.2. The summed E-state index contributed by atoms with van der Waals surface area (Å²) in [5, 5.41) is 2.99. The molecule has 1 aliphatic heterocycles. The predicted molar refractivity (Wildman–Crippen MR) is 84.0 cm³/mol. The molecule has 3 rings (SSSR count). The number of carbonyl (C=O) groups excluding carboxylic acids is 1. The topological polar surface area (TPSA) is 105 Å². The third kappa shape index (κ3) is 2.79. The van der Waals surface area contributed by atoms with Crippen LogP contribution in [0.25, 0.3) is 11.2 Å². The van der Waals surface area contributed by atoms with Crippen LogP contribution in [0.2, 0.25) is 0 Å². The van der Waals surface area contributed by atoms with Gasteiger partial charge >= 0.3 is 5.69 Å². The summed E-state index contributed by atoms with van der Waals surface area (Å²) in [6, 6.07) is 0. The van der Waals surface area contributed by atoms with Crippen molar-refractivity contribution in [1.29, 1.82) is 0 Å². The summed E-state index contributed by atoms with van der Waals surface area (Å²) < 4.78 is 2.43. The summed E-state index contributed by atoms with van der Waals surface area (Å²) in [6.45, 7) is 3.93. The molecule has 1 fully saturated rings. The second-order valence-corrected chi connectivity index (χ2v) is 5.72. The Morgan fingerprint density at radius 3 is 3.00 bits per heavy atom. The first-order valence-electron chi connectivity index (χ1n) is 7.68. The first-order valence-corrected chi connectivity index (χ1v) is 7.68. The lowest BCUT2D eigenvalue weighted by molar-refractivity contribution is -0.123. The fourth-order valence-corrected chi connectivity index (χ4v) is 3.01. The van der Waals surface area contributed by atoms with Crippen LogP contribution in [0.4, 0.5) is 0 Å². The van der Waals surface area contributed by atoms with Crippen molar-refractivity contribution >= 4 is 17.1 Å². The molecule has 2 aromatic rings. The van der Waals surface area contributed by atoms with Gasteiger partial charge in [-0.15, -0.1) is 0 Å². The van der Waals surface area contributed by atoms with Gasteiger partial charge in [-0.3, -0.25) is 24.0 Å². The molecule has 1 aliphatic rings. The van der Waals surface area contributed by atoms with E-state index in [-0.39, 0.29) is 29.8 Å². The quantitative estimate of drug-likeness (QED) is 0.750. The molecule has 2 N–H and O–H groups in total. The zero-order chi connectivity index (χ0) is 16.6. The van der Waals surface area contributed by atoms with Crippen molar-refractivity contribution in [3.63, 3.8) is 0 Å². The maximum absolute atomic E-state index is 12.3. The second-order valence-electron chi connectivity index (χ2n) is 5.72. The highest BCUT2D eigenvalue weighted by atomic mass is 16.2. The normalized spacial score (nSPS) is 18.6. The highest BCUT2D eigenvalue weighted by Crippen LogP contribution is 2.14. The third-order valence-corrected chi connectivity index (χ3v) is 4.29. The molecule has 124 valence electrons. The van der Waals surface area contributed by atoms with E-state index in [1.165, 1.54) is 17.9 Å². The largest absolute Gasteiger partial charge is 0.339 e. The number of rotatable bonds is 4. The molecular formula is C14H20N6O3. The molecule has 9 nitrogen and oxygen atoms in total. The summed E-state index contributed by atoms with van der Waals surface area (Å²) in [7, 11) is 1.38. The van der Waals surface area contributed by atoms with Gasteiger partial charge in [0.1, 0.15) is 6.54 Å².